The van der Waals surface area contributed by atoms with Gasteiger partial charge >= 0.3 is 12.3 Å². The van der Waals surface area contributed by atoms with E-state index in [4.69, 9.17) is 18.9 Å². The smallest absolute Gasteiger partial charge is 0.434 e. The molecule has 0 atom stereocenters. The molecule has 0 radical (unpaired) electrons. The average molecular weight is 439 g/mol. The predicted octanol–water partition coefficient (Wildman–Crippen LogP) is 6.95. The quantitative estimate of drug-likeness (QED) is 0.235. The fourth-order valence-corrected chi connectivity index (χ4v) is 3.29. The van der Waals surface area contributed by atoms with Crippen LogP contribution in [-0.4, -0.2) is 25.5 Å². The molecule has 0 saturated heterocycles. The third kappa shape index (κ3) is 5.49. The van der Waals surface area contributed by atoms with Gasteiger partial charge in [-0.1, -0.05) is 63.1 Å². The van der Waals surface area contributed by atoms with Gasteiger partial charge in [0.15, 0.2) is 0 Å². The second-order valence-electron chi connectivity index (χ2n) is 8.87. The Labute approximate surface area is 188 Å². The van der Waals surface area contributed by atoms with Crippen molar-refractivity contribution in [3.8, 4) is 11.5 Å². The second kappa shape index (κ2) is 9.90. The molecule has 3 aromatic rings. The number of rotatable bonds is 6. The van der Waals surface area contributed by atoms with E-state index < -0.39 is 12.3 Å². The van der Waals surface area contributed by atoms with Crippen molar-refractivity contribution in [2.45, 2.75) is 41.5 Å². The fourth-order valence-electron chi connectivity index (χ4n) is 3.29. The first kappa shape index (κ1) is 23.4. The van der Waals surface area contributed by atoms with Crippen molar-refractivity contribution >= 4 is 33.9 Å². The van der Waals surface area contributed by atoms with Crippen molar-refractivity contribution in [1.29, 1.82) is 0 Å². The van der Waals surface area contributed by atoms with Gasteiger partial charge in [0.1, 0.15) is 11.5 Å². The zero-order valence-electron chi connectivity index (χ0n) is 19.5. The predicted molar refractivity (Wildman–Crippen MR) is 125 cm³/mol. The van der Waals surface area contributed by atoms with Crippen molar-refractivity contribution in [2.24, 2.45) is 11.8 Å². The topological polar surface area (TPSA) is 71.1 Å². The standard InChI is InChI=1S/C26H30O6/c1-15(2)13-29-25(27)31-23-19-9-7-18(6)12-22(19)24(32-26(28)30-14-16(3)4)20-10-8-17(5)11-21(20)23/h7-12,15-16H,13-14H2,1-6H3. The van der Waals surface area contributed by atoms with E-state index in [2.05, 4.69) is 0 Å². The molecule has 0 saturated carbocycles. The van der Waals surface area contributed by atoms with E-state index in [1.165, 1.54) is 0 Å². The normalized spacial score (nSPS) is 11.2. The summed E-state index contributed by atoms with van der Waals surface area (Å²) in [5.74, 6) is 1.12. The van der Waals surface area contributed by atoms with Gasteiger partial charge in [-0.3, -0.25) is 0 Å². The van der Waals surface area contributed by atoms with E-state index in [1.807, 2.05) is 77.9 Å². The van der Waals surface area contributed by atoms with Crippen molar-refractivity contribution in [3.63, 3.8) is 0 Å². The van der Waals surface area contributed by atoms with Crippen LogP contribution >= 0.6 is 0 Å². The SMILES string of the molecule is Cc1ccc2c(OC(=O)OCC(C)C)c3cc(C)ccc3c(OC(=O)OCC(C)C)c2c1. The summed E-state index contributed by atoms with van der Waals surface area (Å²) >= 11 is 0. The van der Waals surface area contributed by atoms with Crippen LogP contribution in [0.3, 0.4) is 0 Å². The summed E-state index contributed by atoms with van der Waals surface area (Å²) < 4.78 is 21.9. The van der Waals surface area contributed by atoms with Crippen LogP contribution in [0.4, 0.5) is 9.59 Å². The lowest BCUT2D eigenvalue weighted by molar-refractivity contribution is 0.0879. The van der Waals surface area contributed by atoms with E-state index in [-0.39, 0.29) is 25.0 Å². The highest BCUT2D eigenvalue weighted by atomic mass is 16.7. The molecule has 3 aromatic carbocycles. The maximum absolute atomic E-state index is 12.4. The third-order valence-corrected chi connectivity index (χ3v) is 4.77. The lowest BCUT2D eigenvalue weighted by Crippen LogP contribution is -2.16. The number of aryl methyl sites for hydroxylation is 2. The molecule has 0 unspecified atom stereocenters. The molecule has 0 spiro atoms. The summed E-state index contributed by atoms with van der Waals surface area (Å²) in [6, 6.07) is 11.3. The van der Waals surface area contributed by atoms with Gasteiger partial charge in [0, 0.05) is 21.5 Å². The van der Waals surface area contributed by atoms with Crippen LogP contribution in [0.25, 0.3) is 21.5 Å². The van der Waals surface area contributed by atoms with E-state index >= 15 is 0 Å². The van der Waals surface area contributed by atoms with Crippen molar-refractivity contribution in [3.05, 3.63) is 47.5 Å². The highest BCUT2D eigenvalue weighted by Crippen LogP contribution is 2.43. The van der Waals surface area contributed by atoms with E-state index in [0.29, 0.717) is 33.0 Å². The Kier molecular flexibility index (Phi) is 7.23. The lowest BCUT2D eigenvalue weighted by atomic mass is 9.98. The number of hydrogen-bond acceptors (Lipinski definition) is 6. The zero-order valence-corrected chi connectivity index (χ0v) is 19.5. The number of fused-ring (bicyclic) bond motifs is 2. The summed E-state index contributed by atoms with van der Waals surface area (Å²) in [7, 11) is 0. The van der Waals surface area contributed by atoms with Crippen molar-refractivity contribution in [2.75, 3.05) is 13.2 Å². The number of benzene rings is 3. The molecule has 0 aliphatic carbocycles. The first-order valence-electron chi connectivity index (χ1n) is 10.8. The number of ether oxygens (including phenoxy) is 4. The highest BCUT2D eigenvalue weighted by molar-refractivity contribution is 6.12. The van der Waals surface area contributed by atoms with Gasteiger partial charge in [-0.25, -0.2) is 9.59 Å². The maximum atomic E-state index is 12.4. The molecule has 0 aliphatic heterocycles. The Bertz CT molecular complexity index is 1050. The number of hydrogen-bond donors (Lipinski definition) is 0. The summed E-state index contributed by atoms with van der Waals surface area (Å²) in [6.45, 7) is 12.2. The van der Waals surface area contributed by atoms with Crippen LogP contribution in [-0.2, 0) is 9.47 Å². The Balaban J connectivity index is 2.16. The molecule has 0 aromatic heterocycles. The molecule has 6 nitrogen and oxygen atoms in total. The van der Waals surface area contributed by atoms with E-state index in [9.17, 15) is 9.59 Å². The van der Waals surface area contributed by atoms with Gasteiger partial charge in [0.2, 0.25) is 0 Å². The Morgan fingerprint density at radius 2 is 1.03 bits per heavy atom. The first-order valence-corrected chi connectivity index (χ1v) is 10.8. The molecule has 170 valence electrons. The number of carbonyl (C=O) groups excluding carboxylic acids is 2. The van der Waals surface area contributed by atoms with Crippen LogP contribution in [0, 0.1) is 25.7 Å². The summed E-state index contributed by atoms with van der Waals surface area (Å²) in [5.41, 5.74) is 1.94. The molecule has 32 heavy (non-hydrogen) atoms. The van der Waals surface area contributed by atoms with Crippen LogP contribution in [0.1, 0.15) is 38.8 Å². The first-order chi connectivity index (χ1) is 15.2. The van der Waals surface area contributed by atoms with Gasteiger partial charge in [-0.05, 0) is 37.8 Å². The molecule has 3 rings (SSSR count). The minimum absolute atomic E-state index is 0.188. The lowest BCUT2D eigenvalue weighted by Gasteiger charge is -2.17. The Morgan fingerprint density at radius 3 is 1.38 bits per heavy atom. The van der Waals surface area contributed by atoms with Gasteiger partial charge in [-0.2, -0.15) is 0 Å². The molecule has 0 bridgehead atoms. The van der Waals surface area contributed by atoms with Crippen LogP contribution in [0.15, 0.2) is 36.4 Å². The zero-order chi connectivity index (χ0) is 23.4. The van der Waals surface area contributed by atoms with Crippen molar-refractivity contribution in [1.82, 2.24) is 0 Å². The fraction of sp³-hybridized carbons (Fsp3) is 0.385. The van der Waals surface area contributed by atoms with Gasteiger partial charge in [0.25, 0.3) is 0 Å². The maximum Gasteiger partial charge on any atom is 0.513 e. The van der Waals surface area contributed by atoms with Gasteiger partial charge in [-0.15, -0.1) is 0 Å². The summed E-state index contributed by atoms with van der Waals surface area (Å²) in [6.07, 6.45) is -1.54. The van der Waals surface area contributed by atoms with Crippen LogP contribution in [0.2, 0.25) is 0 Å². The van der Waals surface area contributed by atoms with Gasteiger partial charge < -0.3 is 18.9 Å². The van der Waals surface area contributed by atoms with E-state index in [0.717, 1.165) is 11.1 Å². The highest BCUT2D eigenvalue weighted by Gasteiger charge is 2.22. The van der Waals surface area contributed by atoms with Crippen molar-refractivity contribution < 1.29 is 28.5 Å². The average Bonchev–Trinajstić information content (AvgIpc) is 2.73. The summed E-state index contributed by atoms with van der Waals surface area (Å²) in [4.78, 5) is 24.8. The van der Waals surface area contributed by atoms with Crippen LogP contribution in [0.5, 0.6) is 11.5 Å². The minimum atomic E-state index is -0.770. The molecule has 0 heterocycles. The number of carbonyl (C=O) groups is 2. The summed E-state index contributed by atoms with van der Waals surface area (Å²) in [5, 5.41) is 2.58. The van der Waals surface area contributed by atoms with Gasteiger partial charge in [0.05, 0.1) is 13.2 Å². The second-order valence-corrected chi connectivity index (χ2v) is 8.87. The molecule has 0 amide bonds. The molecule has 0 N–H and O–H groups in total. The Hall–Kier alpha value is -3.28. The molecule has 6 heteroatoms. The monoisotopic (exact) mass is 438 g/mol. The molecule has 0 fully saturated rings. The molecular formula is C26H30O6. The minimum Gasteiger partial charge on any atom is -0.434 e. The molecular weight excluding hydrogens is 408 g/mol. The third-order valence-electron chi connectivity index (χ3n) is 4.77. The van der Waals surface area contributed by atoms with E-state index in [1.54, 1.807) is 0 Å². The van der Waals surface area contributed by atoms with Crippen LogP contribution < -0.4 is 9.47 Å². The largest absolute Gasteiger partial charge is 0.513 e. The Morgan fingerprint density at radius 1 is 0.656 bits per heavy atom. The molecule has 0 aliphatic rings.